The number of amides is 2. The maximum absolute atomic E-state index is 13.9. The first-order valence-corrected chi connectivity index (χ1v) is 9.17. The summed E-state index contributed by atoms with van der Waals surface area (Å²) < 4.78 is 40.0. The minimum Gasteiger partial charge on any atom is -0.491 e. The van der Waals surface area contributed by atoms with E-state index in [1.807, 2.05) is 0 Å². The first-order chi connectivity index (χ1) is 14.2. The van der Waals surface area contributed by atoms with Crippen LogP contribution in [0.3, 0.4) is 0 Å². The van der Waals surface area contributed by atoms with Crippen LogP contribution in [-0.4, -0.2) is 46.7 Å². The fourth-order valence-electron chi connectivity index (χ4n) is 3.17. The molecule has 0 bridgehead atoms. The Morgan fingerprint density at radius 2 is 2.20 bits per heavy atom. The highest BCUT2D eigenvalue weighted by Gasteiger charge is 2.37. The number of hydrogen-bond donors (Lipinski definition) is 2. The quantitative estimate of drug-likeness (QED) is 0.787. The van der Waals surface area contributed by atoms with Crippen LogP contribution in [0.4, 0.5) is 25.1 Å². The van der Waals surface area contributed by atoms with Gasteiger partial charge < -0.3 is 25.1 Å². The Labute approximate surface area is 170 Å². The number of halogens is 2. The van der Waals surface area contributed by atoms with E-state index in [0.29, 0.717) is 48.3 Å². The monoisotopic (exact) mass is 419 g/mol. The first kappa shape index (κ1) is 19.7. The molecule has 1 aromatic carbocycles. The van der Waals surface area contributed by atoms with Crippen molar-refractivity contribution in [2.24, 2.45) is 5.73 Å². The number of aromatic nitrogens is 2. The molecule has 0 fully saturated rings. The van der Waals surface area contributed by atoms with Crippen LogP contribution in [0.25, 0.3) is 11.4 Å². The zero-order chi connectivity index (χ0) is 21.5. The molecule has 1 atom stereocenters. The highest BCUT2D eigenvalue weighted by molar-refractivity contribution is 5.88. The van der Waals surface area contributed by atoms with Gasteiger partial charge in [0.25, 0.3) is 5.92 Å². The number of ether oxygens (including phenoxy) is 2. The van der Waals surface area contributed by atoms with Crippen LogP contribution in [-0.2, 0) is 16.1 Å². The number of hydrogen-bond acceptors (Lipinski definition) is 6. The van der Waals surface area contributed by atoms with Gasteiger partial charge in [0.15, 0.2) is 5.82 Å². The van der Waals surface area contributed by atoms with Crippen LogP contribution in [0.15, 0.2) is 36.7 Å². The number of anilines is 2. The lowest BCUT2D eigenvalue weighted by molar-refractivity contribution is -0.118. The summed E-state index contributed by atoms with van der Waals surface area (Å²) in [5, 5.41) is 2.97. The number of benzene rings is 1. The van der Waals surface area contributed by atoms with Gasteiger partial charge in [0.1, 0.15) is 24.2 Å². The van der Waals surface area contributed by atoms with Crippen molar-refractivity contribution in [2.45, 2.75) is 25.4 Å². The number of nitrogens with two attached hydrogens (primary N) is 1. The molecule has 2 aliphatic heterocycles. The third-order valence-electron chi connectivity index (χ3n) is 4.73. The van der Waals surface area contributed by atoms with E-state index in [1.54, 1.807) is 29.7 Å². The number of carbonyl (C=O) groups is 2. The number of fused-ring (bicyclic) bond motifs is 3. The van der Waals surface area contributed by atoms with E-state index in [0.717, 1.165) is 4.90 Å². The molecule has 0 saturated carbocycles. The van der Waals surface area contributed by atoms with Crippen LogP contribution < -0.4 is 20.7 Å². The number of rotatable bonds is 4. The lowest BCUT2D eigenvalue weighted by atomic mass is 10.1. The fraction of sp³-hybridized carbons (Fsp3) is 0.316. The van der Waals surface area contributed by atoms with E-state index >= 15 is 0 Å². The predicted octanol–water partition coefficient (Wildman–Crippen LogP) is 2.33. The Hall–Kier alpha value is -3.63. The summed E-state index contributed by atoms with van der Waals surface area (Å²) in [6.07, 6.45) is 1.80. The third kappa shape index (κ3) is 3.78. The normalized spacial score (nSPS) is 18.2. The number of nitrogens with one attached hydrogen (secondary N) is 1. The van der Waals surface area contributed by atoms with Gasteiger partial charge in [0, 0.05) is 24.0 Å². The number of carbonyl (C=O) groups excluding carboxylic acids is 2. The van der Waals surface area contributed by atoms with Crippen molar-refractivity contribution in [1.82, 2.24) is 9.55 Å². The number of primary amides is 1. The Morgan fingerprint density at radius 3 is 2.97 bits per heavy atom. The van der Waals surface area contributed by atoms with Gasteiger partial charge in [-0.25, -0.2) is 9.78 Å². The number of cyclic esters (lactones) is 1. The maximum Gasteiger partial charge on any atom is 0.420 e. The second kappa shape index (κ2) is 7.32. The minimum absolute atomic E-state index is 0.0516. The Bertz CT molecular complexity index is 1040. The predicted molar refractivity (Wildman–Crippen MR) is 103 cm³/mol. The second-order valence-corrected chi connectivity index (χ2v) is 6.98. The lowest BCUT2D eigenvalue weighted by Gasteiger charge is -2.19. The maximum atomic E-state index is 13.9. The highest BCUT2D eigenvalue weighted by Crippen LogP contribution is 2.36. The van der Waals surface area contributed by atoms with Gasteiger partial charge in [0.05, 0.1) is 24.9 Å². The molecule has 0 radical (unpaired) electrons. The number of alkyl halides is 2. The molecule has 3 N–H and O–H groups in total. The molecule has 0 saturated heterocycles. The van der Waals surface area contributed by atoms with Crippen LogP contribution in [0.1, 0.15) is 6.92 Å². The van der Waals surface area contributed by atoms with E-state index in [4.69, 9.17) is 15.2 Å². The molecule has 4 rings (SSSR count). The van der Waals surface area contributed by atoms with E-state index in [-0.39, 0.29) is 5.82 Å². The van der Waals surface area contributed by atoms with Crippen molar-refractivity contribution in [3.63, 3.8) is 0 Å². The topological polar surface area (TPSA) is 112 Å². The molecule has 158 valence electrons. The molecule has 11 heteroatoms. The standard InChI is InChI=1S/C19H19F2N5O4/c1-11(16(22)27)23-12-2-3-13-14(8-12)29-7-5-25-9-15(24-17(13)25)26-10-19(20,21)4-6-30-18(26)28/h2-4,6,8-9,11,23H,5,7,10H2,1H3,(H2,22,27)/t11-/m0/s1. The Balaban J connectivity index is 1.68. The first-order valence-electron chi connectivity index (χ1n) is 9.17. The molecule has 30 heavy (non-hydrogen) atoms. The van der Waals surface area contributed by atoms with Crippen molar-refractivity contribution in [2.75, 3.05) is 23.4 Å². The highest BCUT2D eigenvalue weighted by atomic mass is 19.3. The van der Waals surface area contributed by atoms with Crippen LogP contribution >= 0.6 is 0 Å². The third-order valence-corrected chi connectivity index (χ3v) is 4.73. The van der Waals surface area contributed by atoms with Crippen LogP contribution in [0, 0.1) is 0 Å². The molecule has 1 aromatic heterocycles. The van der Waals surface area contributed by atoms with Crippen LogP contribution in [0.2, 0.25) is 0 Å². The van der Waals surface area contributed by atoms with E-state index in [9.17, 15) is 18.4 Å². The zero-order valence-electron chi connectivity index (χ0n) is 16.0. The summed E-state index contributed by atoms with van der Waals surface area (Å²) >= 11 is 0. The van der Waals surface area contributed by atoms with Crippen molar-refractivity contribution >= 4 is 23.5 Å². The summed E-state index contributed by atoms with van der Waals surface area (Å²) in [5.41, 5.74) is 6.52. The Kier molecular flexibility index (Phi) is 4.80. The van der Waals surface area contributed by atoms with Crippen molar-refractivity contribution in [1.29, 1.82) is 0 Å². The molecular weight excluding hydrogens is 400 g/mol. The number of nitrogens with zero attached hydrogens (tertiary/aromatic N) is 3. The van der Waals surface area contributed by atoms with Gasteiger partial charge in [0.2, 0.25) is 5.91 Å². The lowest BCUT2D eigenvalue weighted by Crippen LogP contribution is -2.38. The summed E-state index contributed by atoms with van der Waals surface area (Å²) in [7, 11) is 0. The Morgan fingerprint density at radius 1 is 1.40 bits per heavy atom. The molecule has 2 aliphatic rings. The summed E-state index contributed by atoms with van der Waals surface area (Å²) in [6.45, 7) is 1.45. The van der Waals surface area contributed by atoms with Gasteiger partial charge in [-0.1, -0.05) is 0 Å². The van der Waals surface area contributed by atoms with Gasteiger partial charge in [-0.3, -0.25) is 9.69 Å². The second-order valence-electron chi connectivity index (χ2n) is 6.98. The average molecular weight is 419 g/mol. The molecule has 0 spiro atoms. The molecule has 2 amide bonds. The number of imidazole rings is 1. The summed E-state index contributed by atoms with van der Waals surface area (Å²) in [4.78, 5) is 28.6. The zero-order valence-corrected chi connectivity index (χ0v) is 16.0. The molecule has 9 nitrogen and oxygen atoms in total. The van der Waals surface area contributed by atoms with Gasteiger partial charge in [-0.15, -0.1) is 0 Å². The summed E-state index contributed by atoms with van der Waals surface area (Å²) in [6, 6.07) is 4.59. The van der Waals surface area contributed by atoms with E-state index in [2.05, 4.69) is 10.3 Å². The van der Waals surface area contributed by atoms with Gasteiger partial charge in [-0.2, -0.15) is 8.78 Å². The minimum atomic E-state index is -3.24. The van der Waals surface area contributed by atoms with Crippen molar-refractivity contribution in [3.05, 3.63) is 36.7 Å². The van der Waals surface area contributed by atoms with Crippen LogP contribution in [0.5, 0.6) is 5.75 Å². The average Bonchev–Trinajstić information content (AvgIpc) is 2.94. The summed E-state index contributed by atoms with van der Waals surface area (Å²) in [5.74, 6) is -2.73. The van der Waals surface area contributed by atoms with E-state index in [1.165, 1.54) is 6.20 Å². The molecule has 3 heterocycles. The largest absolute Gasteiger partial charge is 0.491 e. The fourth-order valence-corrected chi connectivity index (χ4v) is 3.17. The van der Waals surface area contributed by atoms with Crippen molar-refractivity contribution < 1.29 is 27.8 Å². The molecule has 0 unspecified atom stereocenters. The smallest absolute Gasteiger partial charge is 0.420 e. The van der Waals surface area contributed by atoms with Crippen molar-refractivity contribution in [3.8, 4) is 17.1 Å². The van der Waals surface area contributed by atoms with Gasteiger partial charge in [-0.05, 0) is 19.1 Å². The molecule has 0 aliphatic carbocycles. The molecule has 2 aromatic rings. The molecular formula is C19H19F2N5O4. The SMILES string of the molecule is C[C@H](Nc1ccc2c(c1)OCCn1cc(N3CC(F)(F)C=COC3=O)nc1-2)C(N)=O. The van der Waals surface area contributed by atoms with E-state index < -0.39 is 30.5 Å². The van der Waals surface area contributed by atoms with Gasteiger partial charge >= 0.3 is 6.09 Å².